The maximum absolute atomic E-state index is 10.7. The van der Waals surface area contributed by atoms with E-state index >= 15 is 0 Å². The summed E-state index contributed by atoms with van der Waals surface area (Å²) in [7, 11) is 0. The highest BCUT2D eigenvalue weighted by Crippen LogP contribution is 2.23. The smallest absolute Gasteiger partial charge is 0.269 e. The zero-order valence-electron chi connectivity index (χ0n) is 18.6. The maximum atomic E-state index is 10.7. The van der Waals surface area contributed by atoms with Gasteiger partial charge in [0.1, 0.15) is 5.75 Å². The third-order valence-corrected chi connectivity index (χ3v) is 6.16. The summed E-state index contributed by atoms with van der Waals surface area (Å²) in [5.74, 6) is 1.38. The first kappa shape index (κ1) is 23.2. The molecule has 0 unspecified atom stereocenters. The molecule has 1 heterocycles. The predicted molar refractivity (Wildman–Crippen MR) is 121 cm³/mol. The van der Waals surface area contributed by atoms with Crippen LogP contribution in [0.25, 0.3) is 0 Å². The molecule has 0 bridgehead atoms. The van der Waals surface area contributed by atoms with Crippen molar-refractivity contribution in [3.05, 3.63) is 46.3 Å². The Kier molecular flexibility index (Phi) is 9.80. The van der Waals surface area contributed by atoms with Crippen LogP contribution in [0.2, 0.25) is 0 Å². The van der Waals surface area contributed by atoms with Gasteiger partial charge < -0.3 is 4.74 Å². The van der Waals surface area contributed by atoms with Gasteiger partial charge in [-0.1, -0.05) is 75.8 Å². The second-order valence-corrected chi connectivity index (χ2v) is 8.76. The normalized spacial score (nSPS) is 16.9. The molecule has 1 saturated carbocycles. The van der Waals surface area contributed by atoms with E-state index in [0.717, 1.165) is 31.0 Å². The van der Waals surface area contributed by atoms with Gasteiger partial charge in [0.25, 0.3) is 5.69 Å². The molecule has 1 aromatic heterocycles. The van der Waals surface area contributed by atoms with Gasteiger partial charge in [0, 0.05) is 31.3 Å². The zero-order chi connectivity index (χ0) is 21.7. The van der Waals surface area contributed by atoms with Crippen LogP contribution in [0.15, 0.2) is 30.5 Å². The second kappa shape index (κ2) is 13.1. The summed E-state index contributed by atoms with van der Waals surface area (Å²) in [5, 5.41) is 19.4. The van der Waals surface area contributed by atoms with E-state index < -0.39 is 4.92 Å². The summed E-state index contributed by atoms with van der Waals surface area (Å²) in [6, 6.07) is 6.19. The van der Waals surface area contributed by atoms with Crippen molar-refractivity contribution in [2.75, 3.05) is 6.61 Å². The molecule has 0 saturated heterocycles. The van der Waals surface area contributed by atoms with E-state index in [4.69, 9.17) is 4.74 Å². The average molecular weight is 429 g/mol. The Bertz CT molecular complexity index is 763. The van der Waals surface area contributed by atoms with E-state index in [2.05, 4.69) is 16.5 Å². The molecule has 0 N–H and O–H groups in total. The van der Waals surface area contributed by atoms with Gasteiger partial charge in [-0.15, -0.1) is 5.10 Å². The fraction of sp³-hybridized carbons (Fsp3) is 0.667. The van der Waals surface area contributed by atoms with E-state index in [0.29, 0.717) is 12.4 Å². The number of nitro groups is 1. The molecule has 0 radical (unpaired) electrons. The van der Waals surface area contributed by atoms with Gasteiger partial charge in [0.2, 0.25) is 0 Å². The lowest BCUT2D eigenvalue weighted by Gasteiger charge is -2.16. The molecule has 170 valence electrons. The number of nitro benzene ring substituents is 1. The second-order valence-electron chi connectivity index (χ2n) is 8.76. The lowest BCUT2D eigenvalue weighted by atomic mass is 9.90. The molecule has 1 aliphatic rings. The topological polar surface area (TPSA) is 83.1 Å². The highest BCUT2D eigenvalue weighted by atomic mass is 16.6. The van der Waals surface area contributed by atoms with Gasteiger partial charge in [-0.25, -0.2) is 0 Å². The number of nitrogens with zero attached hydrogens (tertiary/aromatic N) is 4. The molecule has 0 amide bonds. The predicted octanol–water partition coefficient (Wildman–Crippen LogP) is 6.12. The van der Waals surface area contributed by atoms with Crippen molar-refractivity contribution < 1.29 is 9.66 Å². The van der Waals surface area contributed by atoms with Crippen molar-refractivity contribution >= 4 is 5.69 Å². The van der Waals surface area contributed by atoms with Gasteiger partial charge in [-0.05, 0) is 24.5 Å². The molecule has 0 atom stereocenters. The number of hydrogen-bond donors (Lipinski definition) is 0. The fourth-order valence-corrected chi connectivity index (χ4v) is 4.37. The minimum atomic E-state index is -0.408. The number of rotatable bonds is 8. The van der Waals surface area contributed by atoms with Crippen molar-refractivity contribution in [1.29, 1.82) is 0 Å². The van der Waals surface area contributed by atoms with Crippen LogP contribution in [0, 0.1) is 16.0 Å². The Balaban J connectivity index is 1.38. The van der Waals surface area contributed by atoms with E-state index in [-0.39, 0.29) is 5.69 Å². The molecule has 1 fully saturated rings. The SMILES string of the molecule is O=[N+]([O-])c1ccc(OCCCn2cc(CC3CCCCCCCCCCC3)nn2)cc1. The number of benzene rings is 1. The van der Waals surface area contributed by atoms with Crippen molar-refractivity contribution in [3.63, 3.8) is 0 Å². The van der Waals surface area contributed by atoms with E-state index in [9.17, 15) is 10.1 Å². The molecular formula is C24H36N4O3. The van der Waals surface area contributed by atoms with Crippen LogP contribution in [-0.4, -0.2) is 26.5 Å². The molecule has 0 spiro atoms. The number of hydrogen-bond acceptors (Lipinski definition) is 5. The first-order valence-electron chi connectivity index (χ1n) is 12.0. The molecule has 0 aliphatic heterocycles. The Morgan fingerprint density at radius 2 is 1.58 bits per heavy atom. The third kappa shape index (κ3) is 8.67. The van der Waals surface area contributed by atoms with Crippen molar-refractivity contribution in [1.82, 2.24) is 15.0 Å². The van der Waals surface area contributed by atoms with Crippen LogP contribution < -0.4 is 4.74 Å². The molecule has 1 aromatic carbocycles. The minimum Gasteiger partial charge on any atom is -0.494 e. The molecule has 7 nitrogen and oxygen atoms in total. The summed E-state index contributed by atoms with van der Waals surface area (Å²) in [6.45, 7) is 1.29. The fourth-order valence-electron chi connectivity index (χ4n) is 4.37. The molecule has 2 aromatic rings. The maximum Gasteiger partial charge on any atom is 0.269 e. The Morgan fingerprint density at radius 3 is 2.19 bits per heavy atom. The minimum absolute atomic E-state index is 0.0732. The lowest BCUT2D eigenvalue weighted by Crippen LogP contribution is -2.06. The van der Waals surface area contributed by atoms with Crippen LogP contribution in [0.5, 0.6) is 5.75 Å². The number of aryl methyl sites for hydroxylation is 1. The van der Waals surface area contributed by atoms with Gasteiger partial charge in [-0.3, -0.25) is 14.8 Å². The first-order valence-corrected chi connectivity index (χ1v) is 12.0. The van der Waals surface area contributed by atoms with Crippen LogP contribution in [0.3, 0.4) is 0 Å². The zero-order valence-corrected chi connectivity index (χ0v) is 18.6. The van der Waals surface area contributed by atoms with E-state index in [1.807, 2.05) is 4.68 Å². The largest absolute Gasteiger partial charge is 0.494 e. The summed E-state index contributed by atoms with van der Waals surface area (Å²) >= 11 is 0. The number of non-ortho nitro benzene ring substituents is 1. The monoisotopic (exact) mass is 428 g/mol. The Hall–Kier alpha value is -2.44. The van der Waals surface area contributed by atoms with Crippen LogP contribution >= 0.6 is 0 Å². The van der Waals surface area contributed by atoms with E-state index in [1.165, 1.54) is 82.8 Å². The first-order chi connectivity index (χ1) is 15.2. The Labute approximate surface area is 185 Å². The van der Waals surface area contributed by atoms with Gasteiger partial charge in [-0.2, -0.15) is 0 Å². The summed E-state index contributed by atoms with van der Waals surface area (Å²) in [5.41, 5.74) is 1.18. The molecular weight excluding hydrogens is 392 g/mol. The average Bonchev–Trinajstić information content (AvgIpc) is 3.21. The third-order valence-electron chi connectivity index (χ3n) is 6.16. The highest BCUT2D eigenvalue weighted by molar-refractivity contribution is 5.35. The molecule has 7 heteroatoms. The molecule has 1 aliphatic carbocycles. The molecule has 3 rings (SSSR count). The highest BCUT2D eigenvalue weighted by Gasteiger charge is 2.13. The summed E-state index contributed by atoms with van der Waals surface area (Å²) in [4.78, 5) is 10.3. The van der Waals surface area contributed by atoms with Crippen LogP contribution in [0.4, 0.5) is 5.69 Å². The van der Waals surface area contributed by atoms with Crippen molar-refractivity contribution in [2.45, 2.75) is 90.0 Å². The number of ether oxygens (including phenoxy) is 1. The van der Waals surface area contributed by atoms with Crippen LogP contribution in [-0.2, 0) is 13.0 Å². The van der Waals surface area contributed by atoms with Crippen molar-refractivity contribution in [3.8, 4) is 5.75 Å². The summed E-state index contributed by atoms with van der Waals surface area (Å²) < 4.78 is 7.58. The Morgan fingerprint density at radius 1 is 0.968 bits per heavy atom. The van der Waals surface area contributed by atoms with Crippen molar-refractivity contribution in [2.24, 2.45) is 5.92 Å². The van der Waals surface area contributed by atoms with Crippen LogP contribution in [0.1, 0.15) is 82.7 Å². The molecule has 31 heavy (non-hydrogen) atoms. The van der Waals surface area contributed by atoms with Gasteiger partial charge in [0.15, 0.2) is 0 Å². The standard InChI is InChI=1S/C24H36N4O3/c29-28(30)23-13-15-24(16-14-23)31-18-10-17-27-20-22(25-26-27)19-21-11-8-6-4-2-1-3-5-7-9-12-21/h13-16,20-21H,1-12,17-19H2. The lowest BCUT2D eigenvalue weighted by molar-refractivity contribution is -0.384. The van der Waals surface area contributed by atoms with E-state index in [1.54, 1.807) is 12.1 Å². The van der Waals surface area contributed by atoms with Gasteiger partial charge in [0.05, 0.1) is 17.2 Å². The quantitative estimate of drug-likeness (QED) is 0.287. The number of aromatic nitrogens is 3. The summed E-state index contributed by atoms with van der Waals surface area (Å²) in [6.07, 6.45) is 19.0. The van der Waals surface area contributed by atoms with Gasteiger partial charge >= 0.3 is 0 Å².